The van der Waals surface area contributed by atoms with Crippen LogP contribution < -0.4 is 5.73 Å². The van der Waals surface area contributed by atoms with Crippen LogP contribution >= 0.6 is 12.2 Å². The van der Waals surface area contributed by atoms with Gasteiger partial charge in [-0.2, -0.15) is 0 Å². The minimum Gasteiger partial charge on any atom is -0.459 e. The number of thiocarbonyl (C=S) groups is 1. The van der Waals surface area contributed by atoms with Crippen molar-refractivity contribution < 1.29 is 9.21 Å². The number of amides is 1. The van der Waals surface area contributed by atoms with Crippen molar-refractivity contribution >= 4 is 23.1 Å². The lowest BCUT2D eigenvalue weighted by molar-refractivity contribution is 0.0716. The molecule has 2 rings (SSSR count). The number of nitrogens with zero attached hydrogens (tertiary/aromatic N) is 2. The average molecular weight is 289 g/mol. The van der Waals surface area contributed by atoms with E-state index in [9.17, 15) is 4.79 Å². The van der Waals surface area contributed by atoms with Gasteiger partial charge in [0.15, 0.2) is 5.76 Å². The second-order valence-electron chi connectivity index (χ2n) is 4.28. The second-order valence-corrected chi connectivity index (χ2v) is 4.81. The summed E-state index contributed by atoms with van der Waals surface area (Å²) in [5, 5.41) is 0. The number of nitrogens with two attached hydrogens (primary N) is 1. The zero-order valence-electron chi connectivity index (χ0n) is 10.9. The molecule has 0 aliphatic carbocycles. The molecule has 6 heteroatoms. The highest BCUT2D eigenvalue weighted by molar-refractivity contribution is 7.80. The third kappa shape index (κ3) is 3.89. The number of hydrogen-bond donors (Lipinski definition) is 1. The second kappa shape index (κ2) is 6.81. The van der Waals surface area contributed by atoms with Crippen molar-refractivity contribution in [1.82, 2.24) is 9.88 Å². The lowest BCUT2D eigenvalue weighted by Crippen LogP contribution is -2.33. The van der Waals surface area contributed by atoms with E-state index in [1.54, 1.807) is 29.4 Å². The minimum atomic E-state index is -0.185. The van der Waals surface area contributed by atoms with Crippen molar-refractivity contribution in [3.8, 4) is 0 Å². The van der Waals surface area contributed by atoms with Crippen LogP contribution in [0.2, 0.25) is 0 Å². The van der Waals surface area contributed by atoms with Crippen molar-refractivity contribution in [2.75, 3.05) is 6.54 Å². The summed E-state index contributed by atoms with van der Waals surface area (Å²) in [6, 6.07) is 7.07. The standard InChI is InChI=1S/C14H15N3O2S/c15-13(20)5-7-17(10-11-3-1-6-16-9-11)14(18)12-4-2-8-19-12/h1-4,6,8-9H,5,7,10H2,(H2,15,20). The predicted molar refractivity (Wildman–Crippen MR) is 79.1 cm³/mol. The summed E-state index contributed by atoms with van der Waals surface area (Å²) in [5.41, 5.74) is 6.45. The molecule has 2 N–H and O–H groups in total. The van der Waals surface area contributed by atoms with Crippen LogP contribution in [0.1, 0.15) is 22.5 Å². The minimum absolute atomic E-state index is 0.185. The molecule has 2 aromatic rings. The average Bonchev–Trinajstić information content (AvgIpc) is 2.97. The monoisotopic (exact) mass is 289 g/mol. The topological polar surface area (TPSA) is 72.4 Å². The van der Waals surface area contributed by atoms with Gasteiger partial charge in [-0.15, -0.1) is 0 Å². The van der Waals surface area contributed by atoms with Gasteiger partial charge in [-0.05, 0) is 23.8 Å². The Morgan fingerprint density at radius 2 is 2.25 bits per heavy atom. The Morgan fingerprint density at radius 3 is 2.85 bits per heavy atom. The number of carbonyl (C=O) groups is 1. The molecule has 0 aliphatic heterocycles. The number of pyridine rings is 1. The van der Waals surface area contributed by atoms with Crippen molar-refractivity contribution in [2.45, 2.75) is 13.0 Å². The Kier molecular flexibility index (Phi) is 4.84. The van der Waals surface area contributed by atoms with Gasteiger partial charge < -0.3 is 15.1 Å². The first-order chi connectivity index (χ1) is 9.66. The first-order valence-corrected chi connectivity index (χ1v) is 6.57. The molecule has 0 aromatic carbocycles. The largest absolute Gasteiger partial charge is 0.459 e. The summed E-state index contributed by atoms with van der Waals surface area (Å²) < 4.78 is 5.15. The highest BCUT2D eigenvalue weighted by Gasteiger charge is 2.18. The Morgan fingerprint density at radius 1 is 1.40 bits per heavy atom. The third-order valence-corrected chi connectivity index (χ3v) is 2.95. The molecule has 0 unspecified atom stereocenters. The van der Waals surface area contributed by atoms with Crippen LogP contribution in [0.4, 0.5) is 0 Å². The maximum Gasteiger partial charge on any atom is 0.289 e. The summed E-state index contributed by atoms with van der Waals surface area (Å²) in [5.74, 6) is 0.118. The first kappa shape index (κ1) is 14.2. The van der Waals surface area contributed by atoms with E-state index < -0.39 is 0 Å². The fourth-order valence-electron chi connectivity index (χ4n) is 1.77. The van der Waals surface area contributed by atoms with Crippen LogP contribution in [0, 0.1) is 0 Å². The van der Waals surface area contributed by atoms with Gasteiger partial charge in [-0.3, -0.25) is 9.78 Å². The van der Waals surface area contributed by atoms with E-state index in [0.29, 0.717) is 30.3 Å². The zero-order valence-corrected chi connectivity index (χ0v) is 11.7. The Bertz CT molecular complexity index is 569. The van der Waals surface area contributed by atoms with E-state index in [4.69, 9.17) is 22.4 Å². The van der Waals surface area contributed by atoms with Gasteiger partial charge in [-0.25, -0.2) is 0 Å². The van der Waals surface area contributed by atoms with Gasteiger partial charge in [0, 0.05) is 31.9 Å². The maximum absolute atomic E-state index is 12.4. The van der Waals surface area contributed by atoms with Crippen molar-refractivity contribution in [2.24, 2.45) is 5.73 Å². The molecule has 0 atom stereocenters. The fraction of sp³-hybridized carbons (Fsp3) is 0.214. The molecule has 1 amide bonds. The summed E-state index contributed by atoms with van der Waals surface area (Å²) in [6.07, 6.45) is 5.37. The van der Waals surface area contributed by atoms with Gasteiger partial charge >= 0.3 is 0 Å². The quantitative estimate of drug-likeness (QED) is 0.823. The van der Waals surface area contributed by atoms with Gasteiger partial charge in [0.1, 0.15) is 0 Å². The first-order valence-electron chi connectivity index (χ1n) is 6.17. The Hall–Kier alpha value is -2.21. The van der Waals surface area contributed by atoms with Gasteiger partial charge in [0.2, 0.25) is 0 Å². The summed E-state index contributed by atoms with van der Waals surface area (Å²) in [6.45, 7) is 0.889. The molecule has 20 heavy (non-hydrogen) atoms. The Labute approximate surface area is 122 Å². The van der Waals surface area contributed by atoms with E-state index in [1.165, 1.54) is 6.26 Å². The zero-order chi connectivity index (χ0) is 14.4. The molecule has 5 nitrogen and oxygen atoms in total. The smallest absolute Gasteiger partial charge is 0.289 e. The van der Waals surface area contributed by atoms with Crippen molar-refractivity contribution in [1.29, 1.82) is 0 Å². The van der Waals surface area contributed by atoms with Crippen molar-refractivity contribution in [3.05, 3.63) is 54.2 Å². The molecule has 104 valence electrons. The molecule has 0 fully saturated rings. The molecule has 2 heterocycles. The van der Waals surface area contributed by atoms with E-state index >= 15 is 0 Å². The van der Waals surface area contributed by atoms with Crippen LogP contribution in [-0.2, 0) is 6.54 Å². The summed E-state index contributed by atoms with van der Waals surface area (Å²) in [7, 11) is 0. The predicted octanol–water partition coefficient (Wildman–Crippen LogP) is 1.99. The van der Waals surface area contributed by atoms with Gasteiger partial charge in [-0.1, -0.05) is 18.3 Å². The van der Waals surface area contributed by atoms with Gasteiger partial charge in [0.05, 0.1) is 11.3 Å². The number of furan rings is 1. The lowest BCUT2D eigenvalue weighted by atomic mass is 10.2. The highest BCUT2D eigenvalue weighted by Crippen LogP contribution is 2.10. The van der Waals surface area contributed by atoms with E-state index in [0.717, 1.165) is 5.56 Å². The fourth-order valence-corrected chi connectivity index (χ4v) is 1.86. The molecule has 0 saturated heterocycles. The van der Waals surface area contributed by atoms with Crippen LogP contribution in [0.15, 0.2) is 47.3 Å². The molecule has 2 aromatic heterocycles. The molecule has 0 spiro atoms. The molecule has 0 saturated carbocycles. The van der Waals surface area contributed by atoms with Crippen LogP contribution in [0.5, 0.6) is 0 Å². The van der Waals surface area contributed by atoms with Crippen molar-refractivity contribution in [3.63, 3.8) is 0 Å². The highest BCUT2D eigenvalue weighted by atomic mass is 32.1. The van der Waals surface area contributed by atoms with Crippen LogP contribution in [0.3, 0.4) is 0 Å². The van der Waals surface area contributed by atoms with E-state index in [2.05, 4.69) is 4.98 Å². The number of carbonyl (C=O) groups excluding carboxylic acids is 1. The number of rotatable bonds is 6. The van der Waals surface area contributed by atoms with Crippen LogP contribution in [-0.4, -0.2) is 27.3 Å². The van der Waals surface area contributed by atoms with Gasteiger partial charge in [0.25, 0.3) is 5.91 Å². The number of aromatic nitrogens is 1. The number of hydrogen-bond acceptors (Lipinski definition) is 4. The normalized spacial score (nSPS) is 10.2. The Balaban J connectivity index is 2.12. The molecule has 0 radical (unpaired) electrons. The molecular weight excluding hydrogens is 274 g/mol. The SMILES string of the molecule is NC(=S)CCN(Cc1cccnc1)C(=O)c1ccco1. The van der Waals surface area contributed by atoms with E-state index in [-0.39, 0.29) is 5.91 Å². The van der Waals surface area contributed by atoms with E-state index in [1.807, 2.05) is 12.1 Å². The third-order valence-electron chi connectivity index (χ3n) is 2.74. The maximum atomic E-state index is 12.4. The van der Waals surface area contributed by atoms with Crippen LogP contribution in [0.25, 0.3) is 0 Å². The molecular formula is C14H15N3O2S. The lowest BCUT2D eigenvalue weighted by Gasteiger charge is -2.21. The molecule has 0 aliphatic rings. The summed E-state index contributed by atoms with van der Waals surface area (Å²) >= 11 is 4.87. The molecule has 0 bridgehead atoms. The summed E-state index contributed by atoms with van der Waals surface area (Å²) in [4.78, 5) is 18.4.